The average Bonchev–Trinajstić information content (AvgIpc) is 2.58. The fourth-order valence-electron chi connectivity index (χ4n) is 2.21. The van der Waals surface area contributed by atoms with Gasteiger partial charge in [0.2, 0.25) is 0 Å². The highest BCUT2D eigenvalue weighted by molar-refractivity contribution is 5.26. The van der Waals surface area contributed by atoms with Crippen LogP contribution in [0.25, 0.3) is 0 Å². The van der Waals surface area contributed by atoms with Gasteiger partial charge in [0.15, 0.2) is 0 Å². The first-order valence-corrected chi connectivity index (χ1v) is 8.64. The molecule has 1 aromatic rings. The van der Waals surface area contributed by atoms with Crippen LogP contribution in [-0.2, 0) is 20.8 Å². The second kappa shape index (κ2) is 14.5. The molecule has 23 heavy (non-hydrogen) atoms. The summed E-state index contributed by atoms with van der Waals surface area (Å²) in [6, 6.07) is 8.17. The third-order valence-electron chi connectivity index (χ3n) is 3.59. The van der Waals surface area contributed by atoms with Crippen molar-refractivity contribution in [3.05, 3.63) is 29.8 Å². The van der Waals surface area contributed by atoms with Crippen molar-refractivity contribution in [2.45, 2.75) is 45.1 Å². The Hall–Kier alpha value is -1.10. The smallest absolute Gasteiger partial charge is 0.119 e. The Bertz CT molecular complexity index is 364. The number of unbranched alkanes of at least 4 members (excludes halogenated alkanes) is 4. The summed E-state index contributed by atoms with van der Waals surface area (Å²) < 4.78 is 21.4. The van der Waals surface area contributed by atoms with E-state index in [1.54, 1.807) is 14.2 Å². The van der Waals surface area contributed by atoms with Gasteiger partial charge in [-0.25, -0.2) is 0 Å². The summed E-state index contributed by atoms with van der Waals surface area (Å²) in [4.78, 5) is 0. The van der Waals surface area contributed by atoms with Gasteiger partial charge in [-0.15, -0.1) is 0 Å². The van der Waals surface area contributed by atoms with Crippen LogP contribution in [0.4, 0.5) is 0 Å². The van der Waals surface area contributed by atoms with Crippen molar-refractivity contribution in [2.75, 3.05) is 40.6 Å². The molecule has 1 rings (SSSR count). The lowest BCUT2D eigenvalue weighted by Crippen LogP contribution is -2.00. The minimum atomic E-state index is 0.673. The van der Waals surface area contributed by atoms with Gasteiger partial charge in [-0.1, -0.05) is 25.0 Å². The van der Waals surface area contributed by atoms with Gasteiger partial charge in [0.1, 0.15) is 5.75 Å². The Balaban J connectivity index is 2.03. The van der Waals surface area contributed by atoms with Crippen molar-refractivity contribution < 1.29 is 18.9 Å². The Morgan fingerprint density at radius 3 is 1.87 bits per heavy atom. The normalized spacial score (nSPS) is 10.9. The number of hydrogen-bond acceptors (Lipinski definition) is 4. The van der Waals surface area contributed by atoms with E-state index < -0.39 is 0 Å². The van der Waals surface area contributed by atoms with Crippen molar-refractivity contribution in [1.82, 2.24) is 0 Å². The van der Waals surface area contributed by atoms with Gasteiger partial charge in [-0.2, -0.15) is 0 Å². The molecule has 0 aliphatic carbocycles. The van der Waals surface area contributed by atoms with E-state index in [9.17, 15) is 0 Å². The zero-order valence-electron chi connectivity index (χ0n) is 14.7. The van der Waals surface area contributed by atoms with E-state index in [4.69, 9.17) is 18.9 Å². The molecule has 132 valence electrons. The second-order valence-electron chi connectivity index (χ2n) is 5.65. The number of benzene rings is 1. The van der Waals surface area contributed by atoms with Crippen LogP contribution in [0.15, 0.2) is 24.3 Å². The molecule has 0 spiro atoms. The monoisotopic (exact) mass is 324 g/mol. The SMILES string of the molecule is COCCCCCCOCc1ccc(OCCCCOC)cc1. The molecule has 4 heteroatoms. The average molecular weight is 324 g/mol. The van der Waals surface area contributed by atoms with Crippen LogP contribution in [0.1, 0.15) is 44.1 Å². The molecule has 0 N–H and O–H groups in total. The molecule has 4 nitrogen and oxygen atoms in total. The predicted molar refractivity (Wildman–Crippen MR) is 93.0 cm³/mol. The second-order valence-corrected chi connectivity index (χ2v) is 5.65. The molecule has 0 heterocycles. The van der Waals surface area contributed by atoms with Gasteiger partial charge >= 0.3 is 0 Å². The van der Waals surface area contributed by atoms with Crippen LogP contribution in [-0.4, -0.2) is 40.6 Å². The van der Waals surface area contributed by atoms with Gasteiger partial charge < -0.3 is 18.9 Å². The van der Waals surface area contributed by atoms with E-state index in [1.807, 2.05) is 12.1 Å². The number of rotatable bonds is 15. The number of methoxy groups -OCH3 is 2. The fraction of sp³-hybridized carbons (Fsp3) is 0.684. The standard InChI is InChI=1S/C19H32O4/c1-20-13-5-3-4-6-15-22-17-18-9-11-19(12-10-18)23-16-8-7-14-21-2/h9-12H,3-8,13-17H2,1-2H3. The first-order valence-electron chi connectivity index (χ1n) is 8.64. The highest BCUT2D eigenvalue weighted by Crippen LogP contribution is 2.13. The molecule has 0 saturated heterocycles. The fourth-order valence-corrected chi connectivity index (χ4v) is 2.21. The number of hydrogen-bond donors (Lipinski definition) is 0. The van der Waals surface area contributed by atoms with E-state index >= 15 is 0 Å². The van der Waals surface area contributed by atoms with Gasteiger partial charge in [-0.3, -0.25) is 0 Å². The van der Waals surface area contributed by atoms with Crippen LogP contribution in [0.5, 0.6) is 5.75 Å². The van der Waals surface area contributed by atoms with Crippen LogP contribution in [0.3, 0.4) is 0 Å². The highest BCUT2D eigenvalue weighted by Gasteiger charge is 1.97. The summed E-state index contributed by atoms with van der Waals surface area (Å²) in [6.45, 7) is 3.90. The Kier molecular flexibility index (Phi) is 12.6. The van der Waals surface area contributed by atoms with Crippen molar-refractivity contribution in [2.24, 2.45) is 0 Å². The summed E-state index contributed by atoms with van der Waals surface area (Å²) in [5.41, 5.74) is 1.19. The van der Waals surface area contributed by atoms with E-state index in [2.05, 4.69) is 12.1 Å². The molecule has 0 bridgehead atoms. The van der Waals surface area contributed by atoms with Crippen molar-refractivity contribution in [1.29, 1.82) is 0 Å². The third kappa shape index (κ3) is 11.1. The first-order chi connectivity index (χ1) is 11.4. The largest absolute Gasteiger partial charge is 0.494 e. The summed E-state index contributed by atoms with van der Waals surface area (Å²) in [7, 11) is 3.48. The molecule has 0 atom stereocenters. The van der Waals surface area contributed by atoms with Crippen LogP contribution in [0.2, 0.25) is 0 Å². The van der Waals surface area contributed by atoms with Gasteiger partial charge in [-0.05, 0) is 43.4 Å². The topological polar surface area (TPSA) is 36.9 Å². The molecule has 0 unspecified atom stereocenters. The zero-order valence-corrected chi connectivity index (χ0v) is 14.7. The van der Waals surface area contributed by atoms with Gasteiger partial charge in [0.25, 0.3) is 0 Å². The number of ether oxygens (including phenoxy) is 4. The summed E-state index contributed by atoms with van der Waals surface area (Å²) in [5.74, 6) is 0.921. The van der Waals surface area contributed by atoms with Crippen LogP contribution < -0.4 is 4.74 Å². The maximum atomic E-state index is 5.71. The van der Waals surface area contributed by atoms with E-state index in [-0.39, 0.29) is 0 Å². The quantitative estimate of drug-likeness (QED) is 0.453. The Labute approximate surface area is 141 Å². The van der Waals surface area contributed by atoms with Gasteiger partial charge in [0.05, 0.1) is 13.2 Å². The lowest BCUT2D eigenvalue weighted by molar-refractivity contribution is 0.115. The molecular weight excluding hydrogens is 292 g/mol. The van der Waals surface area contributed by atoms with Gasteiger partial charge in [0, 0.05) is 34.0 Å². The zero-order chi connectivity index (χ0) is 16.6. The molecule has 0 aromatic heterocycles. The Morgan fingerprint density at radius 1 is 0.652 bits per heavy atom. The summed E-state index contributed by atoms with van der Waals surface area (Å²) in [6.07, 6.45) is 6.74. The maximum Gasteiger partial charge on any atom is 0.119 e. The lowest BCUT2D eigenvalue weighted by Gasteiger charge is -2.08. The van der Waals surface area contributed by atoms with Crippen molar-refractivity contribution in [3.8, 4) is 5.75 Å². The molecule has 0 aliphatic rings. The molecule has 0 aliphatic heterocycles. The van der Waals surface area contributed by atoms with Crippen molar-refractivity contribution in [3.63, 3.8) is 0 Å². The lowest BCUT2D eigenvalue weighted by atomic mass is 10.2. The first kappa shape index (κ1) is 19.9. The predicted octanol–water partition coefficient (Wildman–Crippen LogP) is 4.22. The highest BCUT2D eigenvalue weighted by atomic mass is 16.5. The molecule has 0 fully saturated rings. The molecule has 0 amide bonds. The molecule has 0 saturated carbocycles. The van der Waals surface area contributed by atoms with Crippen LogP contribution in [0, 0.1) is 0 Å². The van der Waals surface area contributed by atoms with E-state index in [0.717, 1.165) is 57.9 Å². The van der Waals surface area contributed by atoms with Crippen molar-refractivity contribution >= 4 is 0 Å². The molecule has 1 aromatic carbocycles. The Morgan fingerprint density at radius 2 is 1.22 bits per heavy atom. The minimum absolute atomic E-state index is 0.673. The minimum Gasteiger partial charge on any atom is -0.494 e. The summed E-state index contributed by atoms with van der Waals surface area (Å²) >= 11 is 0. The van der Waals surface area contributed by atoms with Crippen LogP contribution >= 0.6 is 0 Å². The summed E-state index contributed by atoms with van der Waals surface area (Å²) in [5, 5.41) is 0. The molecular formula is C19H32O4. The van der Waals surface area contributed by atoms with E-state index in [1.165, 1.54) is 18.4 Å². The third-order valence-corrected chi connectivity index (χ3v) is 3.59. The molecule has 0 radical (unpaired) electrons. The maximum absolute atomic E-state index is 5.71. The van der Waals surface area contributed by atoms with E-state index in [0.29, 0.717) is 6.61 Å².